The zero-order chi connectivity index (χ0) is 24.2. The average molecular weight is 531 g/mol. The van der Waals surface area contributed by atoms with Crippen LogP contribution < -0.4 is 0 Å². The first-order chi connectivity index (χ1) is 14.5. The topological polar surface area (TPSA) is 0 Å². The van der Waals surface area contributed by atoms with Gasteiger partial charge in [0.15, 0.2) is 0 Å². The molecule has 190 valence electrons. The van der Waals surface area contributed by atoms with Gasteiger partial charge >= 0.3 is 198 Å². The summed E-state index contributed by atoms with van der Waals surface area (Å²) in [6.45, 7) is 34.0. The first-order valence-electron chi connectivity index (χ1n) is 14.3. The summed E-state index contributed by atoms with van der Waals surface area (Å²) in [7, 11) is 0.000191. The van der Waals surface area contributed by atoms with Crippen LogP contribution in [0, 0.1) is 0 Å². The van der Waals surface area contributed by atoms with E-state index in [9.17, 15) is 0 Å². The van der Waals surface area contributed by atoms with E-state index in [1.807, 2.05) is 0 Å². The van der Waals surface area contributed by atoms with E-state index in [2.05, 4.69) is 96.9 Å². The first-order valence-corrected chi connectivity index (χ1v) is 23.3. The Labute approximate surface area is 197 Å². The molecule has 6 unspecified atom stereocenters. The maximum absolute atomic E-state index is 3.50. The van der Waals surface area contributed by atoms with Gasteiger partial charge in [0, 0.05) is 0 Å². The van der Waals surface area contributed by atoms with Crippen molar-refractivity contribution in [1.29, 1.82) is 0 Å². The number of fused-ring (bicyclic) bond motifs is 10. The molecule has 0 aromatic carbocycles. The minimum absolute atomic E-state index is 0.0000956. The van der Waals surface area contributed by atoms with E-state index in [1.54, 1.807) is 0 Å². The summed E-state index contributed by atoms with van der Waals surface area (Å²) in [6, 6.07) is 0. The van der Waals surface area contributed by atoms with Gasteiger partial charge in [0.05, 0.1) is 0 Å². The van der Waals surface area contributed by atoms with Gasteiger partial charge in [0.1, 0.15) is 0 Å². The zero-order valence-corrected chi connectivity index (χ0v) is 26.9. The Morgan fingerprint density at radius 2 is 0.727 bits per heavy atom. The van der Waals surface area contributed by atoms with E-state index in [0.29, 0.717) is 20.6 Å². The van der Waals surface area contributed by atoms with Gasteiger partial charge in [-0.05, 0) is 0 Å². The van der Waals surface area contributed by atoms with Crippen LogP contribution in [0.25, 0.3) is 0 Å². The van der Waals surface area contributed by atoms with Crippen LogP contribution in [0.2, 0.25) is 47.2 Å². The van der Waals surface area contributed by atoms with Crippen LogP contribution in [0.15, 0.2) is 0 Å². The molecule has 0 aliphatic carbocycles. The van der Waals surface area contributed by atoms with Gasteiger partial charge in [-0.3, -0.25) is 0 Å². The van der Waals surface area contributed by atoms with Crippen molar-refractivity contribution in [2.75, 3.05) is 0 Å². The fraction of sp³-hybridized carbons (Fsp3) is 1.00. The molecule has 0 N–H and O–H groups in total. The molecule has 1 spiro atoms. The number of rotatable bonds is 4. The molecule has 0 aromatic rings. The molecule has 10 rings (SSSR count). The second kappa shape index (κ2) is 2.50. The Balaban J connectivity index is 1.25. The number of hydrogen-bond donors (Lipinski definition) is 0. The van der Waals surface area contributed by atoms with Gasteiger partial charge < -0.3 is 0 Å². The van der Waals surface area contributed by atoms with Crippen molar-refractivity contribution in [2.45, 2.75) is 176 Å². The monoisotopic (exact) mass is 530 g/mol. The second-order valence-corrected chi connectivity index (χ2v) is 52.3. The Morgan fingerprint density at radius 3 is 0.879 bits per heavy atom. The van der Waals surface area contributed by atoms with Crippen molar-refractivity contribution in [3.63, 3.8) is 0 Å². The third kappa shape index (κ3) is 0.443. The Morgan fingerprint density at radius 1 is 0.485 bits per heavy atom. The molecular formula is C30H52FeP2. The second-order valence-electron chi connectivity index (χ2n) is 20.6. The van der Waals surface area contributed by atoms with Crippen LogP contribution in [0.4, 0.5) is 0 Å². The molecule has 10 fully saturated rings. The Kier molecular flexibility index (Phi) is 1.54. The van der Waals surface area contributed by atoms with E-state index in [4.69, 9.17) is 0 Å². The van der Waals surface area contributed by atoms with Crippen LogP contribution in [-0.2, 0) is 6.51 Å². The van der Waals surface area contributed by atoms with Crippen molar-refractivity contribution >= 4 is 15.8 Å². The van der Waals surface area contributed by atoms with Crippen LogP contribution in [0.1, 0.15) is 96.9 Å². The summed E-state index contributed by atoms with van der Waals surface area (Å²) in [5.74, 6) is 0. The maximum atomic E-state index is 2.91. The predicted molar refractivity (Wildman–Crippen MR) is 147 cm³/mol. The standard InChI is InChI=1S/C25H47P2.C5H5.Fe/c1-18(26(22(3,4)5)23(6,7)8)20-16-15-17-21(20)19(2)27(24(9,10)11)25(12,13)14;1-2-4-5-3-1;/h15-19H,1-14H3;1-5H;. The predicted octanol–water partition coefficient (Wildman–Crippen LogP) is 11.1. The molecular weight excluding hydrogens is 478 g/mol. The summed E-state index contributed by atoms with van der Waals surface area (Å²) in [4.78, 5) is 11.3. The normalized spacial score (nSPS) is 74.1. The number of hydrogen-bond acceptors (Lipinski definition) is 0. The fourth-order valence-corrected chi connectivity index (χ4v) is 118. The van der Waals surface area contributed by atoms with Crippen LogP contribution in [0.5, 0.6) is 0 Å². The molecule has 0 radical (unpaired) electrons. The molecule has 33 heavy (non-hydrogen) atoms. The molecule has 0 bridgehead atoms. The van der Waals surface area contributed by atoms with E-state index in [-0.39, 0.29) is 15.8 Å². The van der Waals surface area contributed by atoms with Gasteiger partial charge in [-0.1, -0.05) is 0 Å². The van der Waals surface area contributed by atoms with Gasteiger partial charge in [0.25, 0.3) is 0 Å². The van der Waals surface area contributed by atoms with Crippen molar-refractivity contribution < 1.29 is 6.51 Å². The molecule has 3 heteroatoms. The summed E-state index contributed by atoms with van der Waals surface area (Å²) >= 11 is 0. The van der Waals surface area contributed by atoms with Gasteiger partial charge in [-0.25, -0.2) is 0 Å². The van der Waals surface area contributed by atoms with E-state index >= 15 is 0 Å². The summed E-state index contributed by atoms with van der Waals surface area (Å²) in [6.07, 6.45) is 0. The molecule has 10 aliphatic rings. The average Bonchev–Trinajstić information content (AvgIpc) is 3.49. The summed E-state index contributed by atoms with van der Waals surface area (Å²) in [5, 5.41) is 1.93. The molecule has 0 nitrogen and oxygen atoms in total. The summed E-state index contributed by atoms with van der Waals surface area (Å²) in [5.41, 5.74) is 2.10. The quantitative estimate of drug-likeness (QED) is 0.251. The molecule has 10 aliphatic heterocycles. The third-order valence-corrected chi connectivity index (χ3v) is 72.2. The molecule has 6 atom stereocenters. The van der Waals surface area contributed by atoms with Gasteiger partial charge in [-0.2, -0.15) is 0 Å². The Hall–Kier alpha value is 1.38. The minimum atomic E-state index is -3.50. The fourth-order valence-electron chi connectivity index (χ4n) is 24.1. The Bertz CT molecular complexity index is 1310. The van der Waals surface area contributed by atoms with Crippen molar-refractivity contribution in [3.05, 3.63) is 0 Å². The van der Waals surface area contributed by atoms with Crippen molar-refractivity contribution in [3.8, 4) is 0 Å². The van der Waals surface area contributed by atoms with Crippen LogP contribution >= 0.6 is 15.8 Å². The molecule has 10 heterocycles. The molecule has 0 saturated carbocycles. The van der Waals surface area contributed by atoms with E-state index in [0.717, 1.165) is 19.9 Å². The van der Waals surface area contributed by atoms with Crippen molar-refractivity contribution in [2.24, 2.45) is 0 Å². The van der Waals surface area contributed by atoms with E-state index in [1.165, 1.54) is 38.5 Å². The first kappa shape index (κ1) is 20.4. The van der Waals surface area contributed by atoms with Crippen LogP contribution in [-0.4, -0.2) is 31.9 Å². The zero-order valence-electron chi connectivity index (χ0n) is 24.0. The summed E-state index contributed by atoms with van der Waals surface area (Å²) < 4.78 is 1.93. The molecule has 0 amide bonds. The third-order valence-electron chi connectivity index (χ3n) is 20.0. The molecule has 10 saturated heterocycles. The van der Waals surface area contributed by atoms with Gasteiger partial charge in [-0.15, -0.1) is 0 Å². The molecule has 0 aromatic heterocycles. The van der Waals surface area contributed by atoms with Gasteiger partial charge in [0.2, 0.25) is 0 Å². The van der Waals surface area contributed by atoms with E-state index < -0.39 is 6.51 Å². The SMILES string of the molecule is CC(P(C(C)(C)C)C(C)(C)C)[C]12[CH]3[CH]4[CH]5[C]1(C(C)P(C(C)(C)C)C(C)(C)C)[Fe]43521678[CH]2[CH]1[CH]6[CH]7[CH]28. The van der Waals surface area contributed by atoms with Crippen LogP contribution in [0.3, 0.4) is 0 Å². The van der Waals surface area contributed by atoms with Crippen molar-refractivity contribution in [1.82, 2.24) is 0 Å².